The summed E-state index contributed by atoms with van der Waals surface area (Å²) in [7, 11) is 0. The summed E-state index contributed by atoms with van der Waals surface area (Å²) in [5.74, 6) is 0.279. The van der Waals surface area contributed by atoms with Crippen LogP contribution in [-0.2, 0) is 4.79 Å². The third kappa shape index (κ3) is 5.66. The predicted octanol–water partition coefficient (Wildman–Crippen LogP) is 3.52. The largest absolute Gasteiger partial charge is 0.493 e. The number of benzene rings is 2. The average Bonchev–Trinajstić information content (AvgIpc) is 2.57. The Bertz CT molecular complexity index is 720. The van der Waals surface area contributed by atoms with Gasteiger partial charge in [0.1, 0.15) is 17.3 Å². The second-order valence-electron chi connectivity index (χ2n) is 4.65. The Labute approximate surface area is 147 Å². The van der Waals surface area contributed by atoms with E-state index in [1.165, 1.54) is 30.5 Å². The summed E-state index contributed by atoms with van der Waals surface area (Å²) in [4.78, 5) is 11.7. The van der Waals surface area contributed by atoms with Crippen molar-refractivity contribution in [2.45, 2.75) is 6.92 Å². The maximum atomic E-state index is 12.8. The highest BCUT2D eigenvalue weighted by Gasteiger charge is 2.04. The molecule has 0 atom stereocenters. The molecule has 2 aromatic rings. The number of carbonyl (C=O) groups excluding carboxylic acids is 1. The highest BCUT2D eigenvalue weighted by molar-refractivity contribution is 9.10. The zero-order chi connectivity index (χ0) is 17.4. The SMILES string of the molecule is CCOc1ccc(Br)cc1/C=N/NC(=O)COc1ccc(F)cc1. The molecule has 0 aliphatic rings. The molecule has 5 nitrogen and oxygen atoms in total. The van der Waals surface area contributed by atoms with Gasteiger partial charge in [-0.2, -0.15) is 5.10 Å². The lowest BCUT2D eigenvalue weighted by Crippen LogP contribution is -2.24. The second kappa shape index (κ2) is 9.02. The first-order valence-electron chi connectivity index (χ1n) is 7.21. The first kappa shape index (κ1) is 17.9. The van der Waals surface area contributed by atoms with Crippen molar-refractivity contribution >= 4 is 28.1 Å². The molecular weight excluding hydrogens is 379 g/mol. The fourth-order valence-electron chi connectivity index (χ4n) is 1.79. The van der Waals surface area contributed by atoms with Crippen molar-refractivity contribution in [3.05, 3.63) is 58.3 Å². The highest BCUT2D eigenvalue weighted by atomic mass is 79.9. The second-order valence-corrected chi connectivity index (χ2v) is 5.57. The van der Waals surface area contributed by atoms with Gasteiger partial charge in [-0.1, -0.05) is 15.9 Å². The molecule has 24 heavy (non-hydrogen) atoms. The number of hydrogen-bond donors (Lipinski definition) is 1. The van der Waals surface area contributed by atoms with E-state index in [2.05, 4.69) is 26.5 Å². The van der Waals surface area contributed by atoms with E-state index < -0.39 is 5.91 Å². The molecular formula is C17H16BrFN2O3. The molecule has 1 N–H and O–H groups in total. The fourth-order valence-corrected chi connectivity index (χ4v) is 2.17. The lowest BCUT2D eigenvalue weighted by Gasteiger charge is -2.07. The van der Waals surface area contributed by atoms with Crippen molar-refractivity contribution in [2.75, 3.05) is 13.2 Å². The van der Waals surface area contributed by atoms with Crippen LogP contribution in [0.25, 0.3) is 0 Å². The standard InChI is InChI=1S/C17H16BrFN2O3/c1-2-23-16-8-3-13(18)9-12(16)10-20-21-17(22)11-24-15-6-4-14(19)5-7-15/h3-10H,2,11H2,1H3,(H,21,22)/b20-10+. The van der Waals surface area contributed by atoms with Crippen LogP contribution in [0.5, 0.6) is 11.5 Å². The third-order valence-corrected chi connectivity index (χ3v) is 3.34. The van der Waals surface area contributed by atoms with Gasteiger partial charge in [0.15, 0.2) is 6.61 Å². The number of carbonyl (C=O) groups is 1. The predicted molar refractivity (Wildman–Crippen MR) is 92.9 cm³/mol. The minimum atomic E-state index is -0.427. The van der Waals surface area contributed by atoms with Gasteiger partial charge < -0.3 is 9.47 Å². The van der Waals surface area contributed by atoms with E-state index in [-0.39, 0.29) is 12.4 Å². The van der Waals surface area contributed by atoms with Crippen molar-refractivity contribution in [2.24, 2.45) is 5.10 Å². The van der Waals surface area contributed by atoms with Crippen LogP contribution in [0, 0.1) is 5.82 Å². The van der Waals surface area contributed by atoms with Gasteiger partial charge in [0, 0.05) is 10.0 Å². The molecule has 126 valence electrons. The molecule has 0 fully saturated rings. The van der Waals surface area contributed by atoms with Crippen LogP contribution in [0.3, 0.4) is 0 Å². The van der Waals surface area contributed by atoms with Gasteiger partial charge in [-0.05, 0) is 49.4 Å². The summed E-state index contributed by atoms with van der Waals surface area (Å²) >= 11 is 3.37. The van der Waals surface area contributed by atoms with Gasteiger partial charge in [0.05, 0.1) is 12.8 Å². The van der Waals surface area contributed by atoms with Gasteiger partial charge in [-0.25, -0.2) is 9.82 Å². The number of nitrogens with one attached hydrogen (secondary N) is 1. The number of ether oxygens (including phenoxy) is 2. The van der Waals surface area contributed by atoms with E-state index in [0.29, 0.717) is 18.1 Å². The van der Waals surface area contributed by atoms with Crippen molar-refractivity contribution in [1.82, 2.24) is 5.43 Å². The first-order chi connectivity index (χ1) is 11.6. The number of amides is 1. The van der Waals surface area contributed by atoms with E-state index in [4.69, 9.17) is 9.47 Å². The minimum Gasteiger partial charge on any atom is -0.493 e. The van der Waals surface area contributed by atoms with E-state index in [9.17, 15) is 9.18 Å². The van der Waals surface area contributed by atoms with Gasteiger partial charge >= 0.3 is 0 Å². The molecule has 0 saturated heterocycles. The molecule has 0 spiro atoms. The van der Waals surface area contributed by atoms with Crippen molar-refractivity contribution in [3.63, 3.8) is 0 Å². The molecule has 0 aromatic heterocycles. The summed E-state index contributed by atoms with van der Waals surface area (Å²) in [5.41, 5.74) is 3.09. The lowest BCUT2D eigenvalue weighted by atomic mass is 10.2. The maximum Gasteiger partial charge on any atom is 0.277 e. The van der Waals surface area contributed by atoms with E-state index >= 15 is 0 Å². The molecule has 7 heteroatoms. The Morgan fingerprint density at radius 3 is 2.71 bits per heavy atom. The van der Waals surface area contributed by atoms with Crippen LogP contribution >= 0.6 is 15.9 Å². The topological polar surface area (TPSA) is 59.9 Å². The van der Waals surface area contributed by atoms with Crippen LogP contribution in [-0.4, -0.2) is 25.3 Å². The lowest BCUT2D eigenvalue weighted by molar-refractivity contribution is -0.123. The smallest absolute Gasteiger partial charge is 0.277 e. The Kier molecular flexibility index (Phi) is 6.74. The Hall–Kier alpha value is -2.41. The Morgan fingerprint density at radius 1 is 1.25 bits per heavy atom. The van der Waals surface area contributed by atoms with Crippen LogP contribution < -0.4 is 14.9 Å². The molecule has 2 rings (SSSR count). The molecule has 0 bridgehead atoms. The van der Waals surface area contributed by atoms with Crippen molar-refractivity contribution in [3.8, 4) is 11.5 Å². The summed E-state index contributed by atoms with van der Waals surface area (Å²) in [6.45, 7) is 2.19. The number of halogens is 2. The molecule has 0 saturated carbocycles. The number of rotatable bonds is 7. The minimum absolute atomic E-state index is 0.222. The third-order valence-electron chi connectivity index (χ3n) is 2.85. The summed E-state index contributed by atoms with van der Waals surface area (Å²) in [5, 5.41) is 3.89. The molecule has 0 heterocycles. The molecule has 0 aliphatic carbocycles. The Balaban J connectivity index is 1.88. The number of hydrogen-bond acceptors (Lipinski definition) is 4. The zero-order valence-corrected chi connectivity index (χ0v) is 14.5. The summed E-state index contributed by atoms with van der Waals surface area (Å²) in [6.07, 6.45) is 1.49. The fraction of sp³-hybridized carbons (Fsp3) is 0.176. The number of hydrazone groups is 1. The molecule has 0 aliphatic heterocycles. The maximum absolute atomic E-state index is 12.8. The normalized spacial score (nSPS) is 10.6. The molecule has 1 amide bonds. The van der Waals surface area contributed by atoms with Crippen LogP contribution in [0.1, 0.15) is 12.5 Å². The summed E-state index contributed by atoms with van der Waals surface area (Å²) in [6, 6.07) is 10.9. The van der Waals surface area contributed by atoms with Crippen LogP contribution in [0.2, 0.25) is 0 Å². The van der Waals surface area contributed by atoms with Crippen molar-refractivity contribution < 1.29 is 18.7 Å². The number of nitrogens with zero attached hydrogens (tertiary/aromatic N) is 1. The average molecular weight is 395 g/mol. The molecule has 2 aromatic carbocycles. The zero-order valence-electron chi connectivity index (χ0n) is 13.0. The quantitative estimate of drug-likeness (QED) is 0.577. The van der Waals surface area contributed by atoms with Gasteiger partial charge in [0.2, 0.25) is 0 Å². The highest BCUT2D eigenvalue weighted by Crippen LogP contribution is 2.21. The van der Waals surface area contributed by atoms with Gasteiger partial charge in [0.25, 0.3) is 5.91 Å². The van der Waals surface area contributed by atoms with Crippen LogP contribution in [0.15, 0.2) is 52.0 Å². The van der Waals surface area contributed by atoms with E-state index in [1.807, 2.05) is 25.1 Å². The van der Waals surface area contributed by atoms with Crippen LogP contribution in [0.4, 0.5) is 4.39 Å². The summed E-state index contributed by atoms with van der Waals surface area (Å²) < 4.78 is 24.3. The monoisotopic (exact) mass is 394 g/mol. The van der Waals surface area contributed by atoms with Gasteiger partial charge in [-0.15, -0.1) is 0 Å². The molecule has 0 radical (unpaired) electrons. The van der Waals surface area contributed by atoms with Crippen molar-refractivity contribution in [1.29, 1.82) is 0 Å². The van der Waals surface area contributed by atoms with E-state index in [0.717, 1.165) is 10.0 Å². The van der Waals surface area contributed by atoms with Gasteiger partial charge in [-0.3, -0.25) is 4.79 Å². The molecule has 0 unspecified atom stereocenters. The van der Waals surface area contributed by atoms with E-state index in [1.54, 1.807) is 0 Å². The Morgan fingerprint density at radius 2 is 2.00 bits per heavy atom. The first-order valence-corrected chi connectivity index (χ1v) is 8.00.